The van der Waals surface area contributed by atoms with Gasteiger partial charge in [-0.05, 0) is 12.8 Å². The molecule has 15 heavy (non-hydrogen) atoms. The molecule has 1 saturated heterocycles. The molecule has 88 valence electrons. The molecule has 0 spiro atoms. The highest BCUT2D eigenvalue weighted by Gasteiger charge is 2.18. The molecule has 1 amide bonds. The van der Waals surface area contributed by atoms with Crippen molar-refractivity contribution in [2.24, 2.45) is 5.92 Å². The van der Waals surface area contributed by atoms with E-state index in [1.807, 2.05) is 6.92 Å². The van der Waals surface area contributed by atoms with Gasteiger partial charge in [-0.25, -0.2) is 0 Å². The number of morpholine rings is 1. The number of nitrogens with zero attached hydrogens (tertiary/aromatic N) is 1. The van der Waals surface area contributed by atoms with Crippen LogP contribution in [-0.4, -0.2) is 49.7 Å². The van der Waals surface area contributed by atoms with Crippen LogP contribution in [0.4, 0.5) is 0 Å². The number of ether oxygens (including phenoxy) is 1. The Morgan fingerprint density at radius 2 is 2.33 bits per heavy atom. The Hall–Kier alpha value is -0.610. The summed E-state index contributed by atoms with van der Waals surface area (Å²) < 4.78 is 5.41. The molecule has 0 aliphatic carbocycles. The van der Waals surface area contributed by atoms with Crippen molar-refractivity contribution in [3.8, 4) is 0 Å². The molecule has 4 nitrogen and oxygen atoms in total. The molecule has 0 aromatic rings. The fraction of sp³-hybridized carbons (Fsp3) is 0.909. The first-order chi connectivity index (χ1) is 7.08. The number of hydrogen-bond acceptors (Lipinski definition) is 3. The highest BCUT2D eigenvalue weighted by atomic mass is 16.5. The Balaban J connectivity index is 2.19. The standard InChI is InChI=1S/C11H22N2O2/c1-9(2)6-12-11(14)8-13-4-5-15-10(3)7-13/h9-10H,4-8H2,1-3H3,(H,12,14). The van der Waals surface area contributed by atoms with Crippen molar-refractivity contribution in [3.63, 3.8) is 0 Å². The van der Waals surface area contributed by atoms with Crippen LogP contribution in [0.1, 0.15) is 20.8 Å². The fourth-order valence-electron chi connectivity index (χ4n) is 1.61. The van der Waals surface area contributed by atoms with Gasteiger partial charge in [0, 0.05) is 19.6 Å². The second-order valence-electron chi connectivity index (χ2n) is 4.61. The summed E-state index contributed by atoms with van der Waals surface area (Å²) in [5.74, 6) is 0.635. The van der Waals surface area contributed by atoms with E-state index < -0.39 is 0 Å². The summed E-state index contributed by atoms with van der Waals surface area (Å²) in [5.41, 5.74) is 0. The molecule has 1 aliphatic heterocycles. The first kappa shape index (κ1) is 12.5. The van der Waals surface area contributed by atoms with Gasteiger partial charge < -0.3 is 10.1 Å². The monoisotopic (exact) mass is 214 g/mol. The van der Waals surface area contributed by atoms with Gasteiger partial charge in [0.05, 0.1) is 19.3 Å². The molecular formula is C11H22N2O2. The number of amides is 1. The third-order valence-corrected chi connectivity index (χ3v) is 2.40. The first-order valence-corrected chi connectivity index (χ1v) is 5.68. The number of nitrogens with one attached hydrogen (secondary N) is 1. The molecule has 1 unspecified atom stereocenters. The topological polar surface area (TPSA) is 41.6 Å². The van der Waals surface area contributed by atoms with Crippen molar-refractivity contribution in [3.05, 3.63) is 0 Å². The Labute approximate surface area is 92.0 Å². The third kappa shape index (κ3) is 5.14. The largest absolute Gasteiger partial charge is 0.376 e. The zero-order chi connectivity index (χ0) is 11.3. The summed E-state index contributed by atoms with van der Waals surface area (Å²) in [6.45, 7) is 9.94. The predicted molar refractivity (Wildman–Crippen MR) is 59.7 cm³/mol. The lowest BCUT2D eigenvalue weighted by atomic mass is 10.2. The molecular weight excluding hydrogens is 192 g/mol. The van der Waals surface area contributed by atoms with Crippen LogP contribution in [0.5, 0.6) is 0 Å². The Kier molecular flexibility index (Phi) is 5.05. The van der Waals surface area contributed by atoms with E-state index >= 15 is 0 Å². The molecule has 1 heterocycles. The zero-order valence-electron chi connectivity index (χ0n) is 9.95. The van der Waals surface area contributed by atoms with E-state index in [2.05, 4.69) is 24.1 Å². The van der Waals surface area contributed by atoms with E-state index in [4.69, 9.17) is 4.74 Å². The molecule has 0 aromatic carbocycles. The second kappa shape index (κ2) is 6.08. The Morgan fingerprint density at radius 3 is 2.93 bits per heavy atom. The SMILES string of the molecule is CC(C)CNC(=O)CN1CCOC(C)C1. The van der Waals surface area contributed by atoms with Crippen molar-refractivity contribution in [2.45, 2.75) is 26.9 Å². The maximum Gasteiger partial charge on any atom is 0.234 e. The van der Waals surface area contributed by atoms with Crippen LogP contribution in [0.25, 0.3) is 0 Å². The van der Waals surface area contributed by atoms with Crippen LogP contribution in [0.3, 0.4) is 0 Å². The van der Waals surface area contributed by atoms with Gasteiger partial charge in [-0.15, -0.1) is 0 Å². The van der Waals surface area contributed by atoms with Gasteiger partial charge in [0.15, 0.2) is 0 Å². The minimum atomic E-state index is 0.123. The van der Waals surface area contributed by atoms with E-state index in [1.54, 1.807) is 0 Å². The van der Waals surface area contributed by atoms with Gasteiger partial charge >= 0.3 is 0 Å². The maximum atomic E-state index is 11.5. The van der Waals surface area contributed by atoms with Gasteiger partial charge in [0.1, 0.15) is 0 Å². The van der Waals surface area contributed by atoms with Crippen LogP contribution in [-0.2, 0) is 9.53 Å². The molecule has 0 saturated carbocycles. The normalized spacial score (nSPS) is 23.1. The van der Waals surface area contributed by atoms with Crippen LogP contribution in [0.2, 0.25) is 0 Å². The zero-order valence-corrected chi connectivity index (χ0v) is 9.95. The maximum absolute atomic E-state index is 11.5. The lowest BCUT2D eigenvalue weighted by molar-refractivity contribution is -0.124. The quantitative estimate of drug-likeness (QED) is 0.740. The molecule has 0 radical (unpaired) electrons. The van der Waals surface area contributed by atoms with E-state index in [9.17, 15) is 4.79 Å². The molecule has 1 atom stereocenters. The third-order valence-electron chi connectivity index (χ3n) is 2.40. The summed E-state index contributed by atoms with van der Waals surface area (Å²) in [4.78, 5) is 13.7. The van der Waals surface area contributed by atoms with Crippen molar-refractivity contribution in [2.75, 3.05) is 32.8 Å². The van der Waals surface area contributed by atoms with Crippen LogP contribution < -0.4 is 5.32 Å². The minimum absolute atomic E-state index is 0.123. The highest BCUT2D eigenvalue weighted by molar-refractivity contribution is 5.78. The Bertz CT molecular complexity index is 207. The molecule has 1 N–H and O–H groups in total. The molecule has 1 fully saturated rings. The predicted octanol–water partition coefficient (Wildman–Crippen LogP) is 0.479. The highest BCUT2D eigenvalue weighted by Crippen LogP contribution is 2.03. The number of carbonyl (C=O) groups is 1. The van der Waals surface area contributed by atoms with Gasteiger partial charge in [-0.2, -0.15) is 0 Å². The van der Waals surface area contributed by atoms with Crippen molar-refractivity contribution in [1.82, 2.24) is 10.2 Å². The average Bonchev–Trinajstić information content (AvgIpc) is 2.15. The van der Waals surface area contributed by atoms with E-state index in [1.165, 1.54) is 0 Å². The lowest BCUT2D eigenvalue weighted by Crippen LogP contribution is -2.46. The van der Waals surface area contributed by atoms with E-state index in [0.717, 1.165) is 26.2 Å². The molecule has 0 bridgehead atoms. The number of hydrogen-bond donors (Lipinski definition) is 1. The van der Waals surface area contributed by atoms with Crippen molar-refractivity contribution >= 4 is 5.91 Å². The minimum Gasteiger partial charge on any atom is -0.376 e. The lowest BCUT2D eigenvalue weighted by Gasteiger charge is -2.30. The van der Waals surface area contributed by atoms with Crippen LogP contribution in [0, 0.1) is 5.92 Å². The Morgan fingerprint density at radius 1 is 1.60 bits per heavy atom. The summed E-state index contributed by atoms with van der Waals surface area (Å²) in [7, 11) is 0. The van der Waals surface area contributed by atoms with Crippen molar-refractivity contribution in [1.29, 1.82) is 0 Å². The van der Waals surface area contributed by atoms with Gasteiger partial charge in [-0.1, -0.05) is 13.8 Å². The summed E-state index contributed by atoms with van der Waals surface area (Å²) in [6, 6.07) is 0. The van der Waals surface area contributed by atoms with Crippen LogP contribution >= 0.6 is 0 Å². The van der Waals surface area contributed by atoms with Gasteiger partial charge in [0.2, 0.25) is 5.91 Å². The smallest absolute Gasteiger partial charge is 0.234 e. The summed E-state index contributed by atoms with van der Waals surface area (Å²) in [5, 5.41) is 2.92. The van der Waals surface area contributed by atoms with E-state index in [-0.39, 0.29) is 12.0 Å². The number of rotatable bonds is 4. The fourth-order valence-corrected chi connectivity index (χ4v) is 1.61. The van der Waals surface area contributed by atoms with Gasteiger partial charge in [0.25, 0.3) is 0 Å². The molecule has 1 aliphatic rings. The average molecular weight is 214 g/mol. The molecule has 1 rings (SSSR count). The van der Waals surface area contributed by atoms with E-state index in [0.29, 0.717) is 12.5 Å². The van der Waals surface area contributed by atoms with Crippen molar-refractivity contribution < 1.29 is 9.53 Å². The summed E-state index contributed by atoms with van der Waals surface area (Å²) in [6.07, 6.45) is 0.247. The summed E-state index contributed by atoms with van der Waals surface area (Å²) >= 11 is 0. The molecule has 4 heteroatoms. The number of carbonyl (C=O) groups excluding carboxylic acids is 1. The molecule has 0 aromatic heterocycles. The second-order valence-corrected chi connectivity index (χ2v) is 4.61. The van der Waals surface area contributed by atoms with Crippen LogP contribution in [0.15, 0.2) is 0 Å². The first-order valence-electron chi connectivity index (χ1n) is 5.68. The van der Waals surface area contributed by atoms with Gasteiger partial charge in [-0.3, -0.25) is 9.69 Å².